The zero-order chi connectivity index (χ0) is 25.9. The SMILES string of the molecule is COCCCC[C@@](O)(c1cccc(Cl)c1-c1nc(C)no1)C1CN(C(=O)[C@H]2C[C@@H](N)[C@@H](O)C2)CCO1. The second kappa shape index (κ2) is 11.5. The van der Waals surface area contributed by atoms with Crippen LogP contribution in [0.5, 0.6) is 0 Å². The monoisotopic (exact) mass is 522 g/mol. The number of nitrogens with two attached hydrogens (primary N) is 1. The number of amides is 1. The van der Waals surface area contributed by atoms with Gasteiger partial charge in [0.1, 0.15) is 11.7 Å². The molecule has 1 aliphatic heterocycles. The molecule has 1 aromatic carbocycles. The van der Waals surface area contributed by atoms with Crippen molar-refractivity contribution in [2.45, 2.75) is 62.9 Å². The molecular weight excluding hydrogens is 488 g/mol. The molecule has 0 spiro atoms. The summed E-state index contributed by atoms with van der Waals surface area (Å²) < 4.78 is 16.7. The molecule has 0 bridgehead atoms. The molecule has 5 atom stereocenters. The molecule has 4 N–H and O–H groups in total. The Morgan fingerprint density at radius 1 is 1.36 bits per heavy atom. The number of aromatic nitrogens is 2. The maximum absolute atomic E-state index is 13.3. The molecule has 10 nitrogen and oxygen atoms in total. The van der Waals surface area contributed by atoms with Gasteiger partial charge in [0, 0.05) is 37.8 Å². The molecule has 1 aliphatic carbocycles. The molecule has 4 rings (SSSR count). The molecule has 1 amide bonds. The minimum atomic E-state index is -1.50. The van der Waals surface area contributed by atoms with E-state index in [-0.39, 0.29) is 30.9 Å². The Labute approximate surface area is 215 Å². The number of aryl methyl sites for hydroxylation is 1. The van der Waals surface area contributed by atoms with Gasteiger partial charge in [-0.1, -0.05) is 28.9 Å². The number of ether oxygens (including phenoxy) is 2. The fourth-order valence-electron chi connectivity index (χ4n) is 5.26. The number of benzene rings is 1. The summed E-state index contributed by atoms with van der Waals surface area (Å²) in [5, 5.41) is 26.6. The molecule has 1 saturated heterocycles. The van der Waals surface area contributed by atoms with Crippen LogP contribution in [0.15, 0.2) is 22.7 Å². The van der Waals surface area contributed by atoms with Crippen molar-refractivity contribution in [3.63, 3.8) is 0 Å². The largest absolute Gasteiger partial charge is 0.391 e. The lowest BCUT2D eigenvalue weighted by molar-refractivity contribution is -0.167. The lowest BCUT2D eigenvalue weighted by Crippen LogP contribution is -2.55. The number of hydrogen-bond acceptors (Lipinski definition) is 9. The first-order chi connectivity index (χ1) is 17.2. The number of carbonyl (C=O) groups is 1. The predicted octanol–water partition coefficient (Wildman–Crippen LogP) is 2.03. The first-order valence-corrected chi connectivity index (χ1v) is 12.8. The number of aliphatic hydroxyl groups excluding tert-OH is 1. The molecule has 2 fully saturated rings. The standard InChI is InChI=1S/C25H35ClN4O6/c1-15-28-23(36-29-15)22-17(6-5-7-18(22)26)25(33,8-3-4-10-34-2)21-14-30(9-11-35-21)24(32)16-12-19(27)20(31)13-16/h5-7,16,19-21,31,33H,3-4,8-14,27H2,1-2H3/t16-,19+,20-,21?,25+/m0/s1. The first kappa shape index (κ1) is 27.0. The fourth-order valence-corrected chi connectivity index (χ4v) is 5.51. The molecule has 36 heavy (non-hydrogen) atoms. The molecule has 1 aromatic heterocycles. The van der Waals surface area contributed by atoms with Crippen LogP contribution in [0.3, 0.4) is 0 Å². The van der Waals surface area contributed by atoms with E-state index in [0.717, 1.165) is 6.42 Å². The molecular formula is C25H35ClN4O6. The third kappa shape index (κ3) is 5.58. The summed E-state index contributed by atoms with van der Waals surface area (Å²) >= 11 is 6.59. The lowest BCUT2D eigenvalue weighted by Gasteiger charge is -2.43. The minimum absolute atomic E-state index is 0.0733. The Morgan fingerprint density at radius 3 is 2.83 bits per heavy atom. The summed E-state index contributed by atoms with van der Waals surface area (Å²) in [5.74, 6) is 0.241. The van der Waals surface area contributed by atoms with Crippen LogP contribution in [-0.2, 0) is 19.9 Å². The molecule has 0 radical (unpaired) electrons. The topological polar surface area (TPSA) is 144 Å². The van der Waals surface area contributed by atoms with Crippen molar-refractivity contribution in [1.82, 2.24) is 15.0 Å². The van der Waals surface area contributed by atoms with Gasteiger partial charge in [0.25, 0.3) is 5.89 Å². The van der Waals surface area contributed by atoms with Gasteiger partial charge in [-0.25, -0.2) is 0 Å². The highest BCUT2D eigenvalue weighted by atomic mass is 35.5. The van der Waals surface area contributed by atoms with E-state index in [0.29, 0.717) is 60.8 Å². The van der Waals surface area contributed by atoms with Gasteiger partial charge in [-0.3, -0.25) is 4.79 Å². The van der Waals surface area contributed by atoms with Gasteiger partial charge in [0.2, 0.25) is 5.91 Å². The average molecular weight is 523 g/mol. The maximum atomic E-state index is 13.3. The van der Waals surface area contributed by atoms with Gasteiger partial charge in [-0.2, -0.15) is 4.98 Å². The van der Waals surface area contributed by atoms with Crippen molar-refractivity contribution in [1.29, 1.82) is 0 Å². The summed E-state index contributed by atoms with van der Waals surface area (Å²) in [6.45, 7) is 3.13. The second-order valence-electron chi connectivity index (χ2n) is 9.73. The van der Waals surface area contributed by atoms with Gasteiger partial charge in [-0.15, -0.1) is 0 Å². The number of carbonyl (C=O) groups excluding carboxylic acids is 1. The highest BCUT2D eigenvalue weighted by Gasteiger charge is 2.46. The smallest absolute Gasteiger partial charge is 0.259 e. The predicted molar refractivity (Wildman–Crippen MR) is 132 cm³/mol. The van der Waals surface area contributed by atoms with Gasteiger partial charge in [0.15, 0.2) is 5.82 Å². The number of methoxy groups -OCH3 is 1. The summed E-state index contributed by atoms with van der Waals surface area (Å²) in [5.41, 5.74) is 5.41. The Kier molecular flexibility index (Phi) is 8.64. The van der Waals surface area contributed by atoms with Crippen molar-refractivity contribution >= 4 is 17.5 Å². The number of hydrogen-bond donors (Lipinski definition) is 3. The molecule has 2 aromatic rings. The number of halogens is 1. The van der Waals surface area contributed by atoms with E-state index in [1.165, 1.54) is 0 Å². The van der Waals surface area contributed by atoms with Crippen LogP contribution in [0.2, 0.25) is 5.02 Å². The Hall–Kier alpha value is -2.08. The highest BCUT2D eigenvalue weighted by molar-refractivity contribution is 6.33. The van der Waals surface area contributed by atoms with E-state index < -0.39 is 23.9 Å². The number of morpholine rings is 1. The number of nitrogens with zero attached hydrogens (tertiary/aromatic N) is 3. The Balaban J connectivity index is 1.66. The van der Waals surface area contributed by atoms with Crippen LogP contribution in [0, 0.1) is 12.8 Å². The van der Waals surface area contributed by atoms with E-state index in [2.05, 4.69) is 10.1 Å². The van der Waals surface area contributed by atoms with E-state index in [4.69, 9.17) is 31.3 Å². The van der Waals surface area contributed by atoms with Crippen LogP contribution in [-0.4, -0.2) is 82.8 Å². The molecule has 198 valence electrons. The quantitative estimate of drug-likeness (QED) is 0.421. The second-order valence-corrected chi connectivity index (χ2v) is 10.1. The summed E-state index contributed by atoms with van der Waals surface area (Å²) in [7, 11) is 1.64. The van der Waals surface area contributed by atoms with E-state index in [9.17, 15) is 15.0 Å². The van der Waals surface area contributed by atoms with Crippen LogP contribution in [0.1, 0.15) is 43.5 Å². The van der Waals surface area contributed by atoms with E-state index in [1.54, 1.807) is 37.1 Å². The van der Waals surface area contributed by atoms with E-state index >= 15 is 0 Å². The van der Waals surface area contributed by atoms with Crippen molar-refractivity contribution in [2.24, 2.45) is 11.7 Å². The molecule has 2 aliphatic rings. The van der Waals surface area contributed by atoms with Gasteiger partial charge in [0.05, 0.1) is 29.8 Å². The van der Waals surface area contributed by atoms with Gasteiger partial charge >= 0.3 is 0 Å². The summed E-state index contributed by atoms with van der Waals surface area (Å²) in [6.07, 6.45) is 1.12. The zero-order valence-electron chi connectivity index (χ0n) is 20.7. The Morgan fingerprint density at radius 2 is 2.17 bits per heavy atom. The summed E-state index contributed by atoms with van der Waals surface area (Å²) in [4.78, 5) is 19.4. The van der Waals surface area contributed by atoms with Gasteiger partial charge < -0.3 is 34.8 Å². The number of aliphatic hydroxyl groups is 2. The van der Waals surface area contributed by atoms with Crippen LogP contribution < -0.4 is 5.73 Å². The maximum Gasteiger partial charge on any atom is 0.259 e. The molecule has 1 saturated carbocycles. The van der Waals surface area contributed by atoms with Crippen molar-refractivity contribution in [3.8, 4) is 11.5 Å². The minimum Gasteiger partial charge on any atom is -0.391 e. The first-order valence-electron chi connectivity index (χ1n) is 12.4. The summed E-state index contributed by atoms with van der Waals surface area (Å²) in [6, 6.07) is 4.85. The van der Waals surface area contributed by atoms with Crippen LogP contribution >= 0.6 is 11.6 Å². The molecule has 1 unspecified atom stereocenters. The van der Waals surface area contributed by atoms with Crippen LogP contribution in [0.25, 0.3) is 11.5 Å². The van der Waals surface area contributed by atoms with Crippen molar-refractivity contribution in [2.75, 3.05) is 33.4 Å². The average Bonchev–Trinajstić information content (AvgIpc) is 3.45. The third-order valence-electron chi connectivity index (χ3n) is 7.21. The fraction of sp³-hybridized carbons (Fsp3) is 0.640. The zero-order valence-corrected chi connectivity index (χ0v) is 21.5. The number of rotatable bonds is 9. The third-order valence-corrected chi connectivity index (χ3v) is 7.53. The molecule has 2 heterocycles. The molecule has 11 heteroatoms. The van der Waals surface area contributed by atoms with Gasteiger partial charge in [-0.05, 0) is 45.1 Å². The number of unbranched alkanes of at least 4 members (excludes halogenated alkanes) is 1. The lowest BCUT2D eigenvalue weighted by atomic mass is 9.80. The van der Waals surface area contributed by atoms with Crippen molar-refractivity contribution < 1.29 is 29.0 Å². The van der Waals surface area contributed by atoms with Crippen LogP contribution in [0.4, 0.5) is 0 Å². The van der Waals surface area contributed by atoms with E-state index in [1.807, 2.05) is 0 Å². The highest BCUT2D eigenvalue weighted by Crippen LogP contribution is 2.42. The van der Waals surface area contributed by atoms with Crippen molar-refractivity contribution in [3.05, 3.63) is 34.6 Å². The Bertz CT molecular complexity index is 1040. The normalized spacial score (nSPS) is 26.2.